The number of rotatable bonds is 10. The SMILES string of the molecule is CCOc1ccc(C(=O)Oc2c(/C=N/NC(=O)c3ccccc3O)cccc2[N+](=O)[O-])cc1OCC. The summed E-state index contributed by atoms with van der Waals surface area (Å²) in [5.74, 6) is -1.41. The predicted octanol–water partition coefficient (Wildman–Crippen LogP) is 4.08. The van der Waals surface area contributed by atoms with Gasteiger partial charge in [-0.25, -0.2) is 10.2 Å². The van der Waals surface area contributed by atoms with Gasteiger partial charge in [-0.1, -0.05) is 18.2 Å². The molecule has 0 atom stereocenters. The van der Waals surface area contributed by atoms with Crippen LogP contribution in [0.25, 0.3) is 0 Å². The number of carbonyl (C=O) groups is 2. The van der Waals surface area contributed by atoms with Gasteiger partial charge in [0.1, 0.15) is 5.75 Å². The van der Waals surface area contributed by atoms with Gasteiger partial charge in [-0.15, -0.1) is 0 Å². The molecule has 3 aromatic carbocycles. The zero-order chi connectivity index (χ0) is 26.1. The van der Waals surface area contributed by atoms with Crippen molar-refractivity contribution in [3.8, 4) is 23.0 Å². The summed E-state index contributed by atoms with van der Waals surface area (Å²) in [6.07, 6.45) is 1.09. The summed E-state index contributed by atoms with van der Waals surface area (Å²) >= 11 is 0. The standard InChI is InChI=1S/C25H23N3O8/c1-3-34-21-13-12-16(14-22(21)35-4-2)25(31)36-23-17(8-7-10-19(23)28(32)33)15-26-27-24(30)18-9-5-6-11-20(18)29/h5-15,29H,3-4H2,1-2H3,(H,27,30)/b26-15+. The highest BCUT2D eigenvalue weighted by Gasteiger charge is 2.23. The van der Waals surface area contributed by atoms with Crippen LogP contribution < -0.4 is 19.6 Å². The number of nitrogens with zero attached hydrogens (tertiary/aromatic N) is 2. The Morgan fingerprint density at radius 2 is 1.75 bits per heavy atom. The van der Waals surface area contributed by atoms with Crippen LogP contribution in [0.15, 0.2) is 65.8 Å². The van der Waals surface area contributed by atoms with Gasteiger partial charge >= 0.3 is 11.7 Å². The number of hydrogen-bond acceptors (Lipinski definition) is 9. The van der Waals surface area contributed by atoms with Crippen LogP contribution in [0.5, 0.6) is 23.0 Å². The van der Waals surface area contributed by atoms with Gasteiger partial charge < -0.3 is 19.3 Å². The Morgan fingerprint density at radius 1 is 1.03 bits per heavy atom. The van der Waals surface area contributed by atoms with E-state index < -0.39 is 22.5 Å². The fourth-order valence-electron chi connectivity index (χ4n) is 3.11. The van der Waals surface area contributed by atoms with E-state index in [1.54, 1.807) is 32.0 Å². The Labute approximate surface area is 206 Å². The van der Waals surface area contributed by atoms with Gasteiger partial charge in [-0.2, -0.15) is 5.10 Å². The van der Waals surface area contributed by atoms with Crippen LogP contribution in [0, 0.1) is 10.1 Å². The molecule has 0 radical (unpaired) electrons. The minimum atomic E-state index is -0.874. The molecule has 0 saturated carbocycles. The molecule has 36 heavy (non-hydrogen) atoms. The third kappa shape index (κ3) is 6.14. The zero-order valence-corrected chi connectivity index (χ0v) is 19.5. The highest BCUT2D eigenvalue weighted by molar-refractivity contribution is 5.98. The molecule has 186 valence electrons. The molecule has 3 aromatic rings. The van der Waals surface area contributed by atoms with E-state index in [4.69, 9.17) is 14.2 Å². The lowest BCUT2D eigenvalue weighted by molar-refractivity contribution is -0.385. The topological polar surface area (TPSA) is 150 Å². The average molecular weight is 493 g/mol. The van der Waals surface area contributed by atoms with Crippen LogP contribution in [0.1, 0.15) is 40.1 Å². The first kappa shape index (κ1) is 25.7. The Hall–Kier alpha value is -4.93. The van der Waals surface area contributed by atoms with E-state index in [9.17, 15) is 24.8 Å². The van der Waals surface area contributed by atoms with Crippen LogP contribution in [-0.2, 0) is 0 Å². The third-order valence-corrected chi connectivity index (χ3v) is 4.71. The molecule has 0 heterocycles. The first-order valence-corrected chi connectivity index (χ1v) is 10.9. The number of nitro groups is 1. The highest BCUT2D eigenvalue weighted by atomic mass is 16.6. The maximum Gasteiger partial charge on any atom is 0.343 e. The van der Waals surface area contributed by atoms with E-state index in [1.165, 1.54) is 42.5 Å². The Balaban J connectivity index is 1.87. The van der Waals surface area contributed by atoms with Crippen molar-refractivity contribution in [2.75, 3.05) is 13.2 Å². The Bertz CT molecular complexity index is 1310. The van der Waals surface area contributed by atoms with Crippen molar-refractivity contribution in [3.63, 3.8) is 0 Å². The van der Waals surface area contributed by atoms with Crippen LogP contribution in [0.3, 0.4) is 0 Å². The number of ether oxygens (including phenoxy) is 3. The quantitative estimate of drug-likeness (QED) is 0.141. The summed E-state index contributed by atoms with van der Waals surface area (Å²) in [6.45, 7) is 4.30. The smallest absolute Gasteiger partial charge is 0.343 e. The van der Waals surface area contributed by atoms with Gasteiger partial charge in [0.15, 0.2) is 11.5 Å². The third-order valence-electron chi connectivity index (χ3n) is 4.71. The number of phenols is 1. The molecule has 0 unspecified atom stereocenters. The van der Waals surface area contributed by atoms with Crippen molar-refractivity contribution in [2.45, 2.75) is 13.8 Å². The van der Waals surface area contributed by atoms with Gasteiger partial charge in [-0.05, 0) is 50.2 Å². The number of benzene rings is 3. The lowest BCUT2D eigenvalue weighted by Crippen LogP contribution is -2.18. The summed E-state index contributed by atoms with van der Waals surface area (Å²) in [6, 6.07) is 14.3. The molecule has 11 heteroatoms. The summed E-state index contributed by atoms with van der Waals surface area (Å²) in [5, 5.41) is 25.2. The predicted molar refractivity (Wildman–Crippen MR) is 130 cm³/mol. The number of amides is 1. The van der Waals surface area contributed by atoms with E-state index in [2.05, 4.69) is 10.5 Å². The van der Waals surface area contributed by atoms with Crippen LogP contribution in [0.4, 0.5) is 5.69 Å². The second-order valence-corrected chi connectivity index (χ2v) is 7.09. The summed E-state index contributed by atoms with van der Waals surface area (Å²) in [4.78, 5) is 36.0. The Kier molecular flexibility index (Phi) is 8.54. The second kappa shape index (κ2) is 12.0. The number of nitro benzene ring substituents is 1. The monoisotopic (exact) mass is 493 g/mol. The highest BCUT2D eigenvalue weighted by Crippen LogP contribution is 2.33. The zero-order valence-electron chi connectivity index (χ0n) is 19.5. The number of carbonyl (C=O) groups excluding carboxylic acids is 2. The lowest BCUT2D eigenvalue weighted by Gasteiger charge is -2.12. The van der Waals surface area contributed by atoms with Crippen molar-refractivity contribution in [1.82, 2.24) is 5.43 Å². The molecule has 0 aliphatic rings. The molecule has 1 amide bonds. The molecule has 3 rings (SSSR count). The molecular formula is C25H23N3O8. The van der Waals surface area contributed by atoms with Crippen LogP contribution in [0.2, 0.25) is 0 Å². The summed E-state index contributed by atoms with van der Waals surface area (Å²) in [5.41, 5.74) is 1.87. The molecule has 0 aliphatic carbocycles. The van der Waals surface area contributed by atoms with Crippen LogP contribution in [-0.4, -0.2) is 41.3 Å². The van der Waals surface area contributed by atoms with Crippen molar-refractivity contribution >= 4 is 23.8 Å². The van der Waals surface area contributed by atoms with Gasteiger partial charge in [0, 0.05) is 11.6 Å². The minimum absolute atomic E-state index is 0.0130. The fourth-order valence-corrected chi connectivity index (χ4v) is 3.11. The molecular weight excluding hydrogens is 470 g/mol. The maximum absolute atomic E-state index is 12.9. The van der Waals surface area contributed by atoms with Gasteiger partial charge in [-0.3, -0.25) is 14.9 Å². The molecule has 2 N–H and O–H groups in total. The number of aromatic hydroxyl groups is 1. The van der Waals surface area contributed by atoms with Crippen molar-refractivity contribution in [1.29, 1.82) is 0 Å². The van der Waals surface area contributed by atoms with Gasteiger partial charge in [0.05, 0.1) is 35.5 Å². The number of nitrogens with one attached hydrogen (secondary N) is 1. The number of esters is 1. The lowest BCUT2D eigenvalue weighted by atomic mass is 10.1. The Morgan fingerprint density at radius 3 is 2.44 bits per heavy atom. The molecule has 0 aliphatic heterocycles. The minimum Gasteiger partial charge on any atom is -0.507 e. The molecule has 11 nitrogen and oxygen atoms in total. The van der Waals surface area contributed by atoms with E-state index in [-0.39, 0.29) is 28.2 Å². The second-order valence-electron chi connectivity index (χ2n) is 7.09. The molecule has 0 bridgehead atoms. The van der Waals surface area contributed by atoms with E-state index in [0.717, 1.165) is 6.21 Å². The number of hydrazone groups is 1. The van der Waals surface area contributed by atoms with Gasteiger partial charge in [0.2, 0.25) is 5.75 Å². The molecule has 0 spiro atoms. The number of phenolic OH excluding ortho intramolecular Hbond substituents is 1. The fraction of sp³-hybridized carbons (Fsp3) is 0.160. The normalized spacial score (nSPS) is 10.6. The van der Waals surface area contributed by atoms with Crippen LogP contribution >= 0.6 is 0 Å². The first-order chi connectivity index (χ1) is 17.3. The molecule has 0 aromatic heterocycles. The molecule has 0 saturated heterocycles. The molecule has 0 fully saturated rings. The van der Waals surface area contributed by atoms with E-state index in [1.807, 2.05) is 0 Å². The maximum atomic E-state index is 12.9. The average Bonchev–Trinajstić information content (AvgIpc) is 2.86. The van der Waals surface area contributed by atoms with Crippen molar-refractivity contribution < 1.29 is 33.8 Å². The van der Waals surface area contributed by atoms with E-state index in [0.29, 0.717) is 24.7 Å². The van der Waals surface area contributed by atoms with Crippen molar-refractivity contribution in [3.05, 3.63) is 87.5 Å². The van der Waals surface area contributed by atoms with Crippen molar-refractivity contribution in [2.24, 2.45) is 5.10 Å². The largest absolute Gasteiger partial charge is 0.507 e. The summed E-state index contributed by atoms with van der Waals surface area (Å²) in [7, 11) is 0. The number of hydrogen-bond donors (Lipinski definition) is 2. The van der Waals surface area contributed by atoms with Gasteiger partial charge in [0.25, 0.3) is 5.91 Å². The number of para-hydroxylation sites is 2. The van der Waals surface area contributed by atoms with E-state index >= 15 is 0 Å². The first-order valence-electron chi connectivity index (χ1n) is 10.9. The summed E-state index contributed by atoms with van der Waals surface area (Å²) < 4.78 is 16.4.